The highest BCUT2D eigenvalue weighted by atomic mass is 35.5. The molecule has 0 fully saturated rings. The Morgan fingerprint density at radius 3 is 2.61 bits per heavy atom. The van der Waals surface area contributed by atoms with Crippen molar-refractivity contribution >= 4 is 34.5 Å². The second kappa shape index (κ2) is 4.78. The molecule has 0 unspecified atom stereocenters. The molecule has 0 aromatic carbocycles. The first-order valence-electron chi connectivity index (χ1n) is 5.89. The van der Waals surface area contributed by atoms with E-state index in [2.05, 4.69) is 34.8 Å². The van der Waals surface area contributed by atoms with Crippen molar-refractivity contribution in [1.29, 1.82) is 0 Å². The van der Waals surface area contributed by atoms with E-state index in [0.29, 0.717) is 5.88 Å². The maximum absolute atomic E-state index is 6.02. The average molecular weight is 287 g/mol. The second-order valence-corrected chi connectivity index (χ2v) is 6.87. The summed E-state index contributed by atoms with van der Waals surface area (Å²) in [6.45, 7) is 7.32. The zero-order valence-corrected chi connectivity index (χ0v) is 13.1. The summed E-state index contributed by atoms with van der Waals surface area (Å²) in [5.41, 5.74) is 2.98. The van der Waals surface area contributed by atoms with E-state index in [9.17, 15) is 0 Å². The van der Waals surface area contributed by atoms with Gasteiger partial charge >= 0.3 is 0 Å². The Kier molecular flexibility index (Phi) is 3.65. The Hall–Kier alpha value is -0.680. The maximum atomic E-state index is 6.02. The lowest BCUT2D eigenvalue weighted by Gasteiger charge is -2.23. The number of hydrogen-bond donors (Lipinski definition) is 0. The number of imidazole rings is 1. The van der Waals surface area contributed by atoms with E-state index in [1.165, 1.54) is 0 Å². The van der Waals surface area contributed by atoms with Crippen LogP contribution in [-0.2, 0) is 19.5 Å². The molecule has 18 heavy (non-hydrogen) atoms. The number of nitrogens with zero attached hydrogens (tertiary/aromatic N) is 4. The lowest BCUT2D eigenvalue weighted by molar-refractivity contribution is 0.554. The highest BCUT2D eigenvalue weighted by Gasteiger charge is 2.23. The minimum absolute atomic E-state index is 0.145. The molecule has 0 amide bonds. The molecular formula is C12H19ClN4S. The van der Waals surface area contributed by atoms with Crippen LogP contribution in [0.15, 0.2) is 0 Å². The number of fused-ring (bicyclic) bond motifs is 1. The van der Waals surface area contributed by atoms with E-state index in [1.807, 2.05) is 30.4 Å². The molecule has 6 heteroatoms. The van der Waals surface area contributed by atoms with Gasteiger partial charge in [0.25, 0.3) is 0 Å². The molecule has 0 radical (unpaired) electrons. The summed E-state index contributed by atoms with van der Waals surface area (Å²) in [6.07, 6.45) is 2.13. The summed E-state index contributed by atoms with van der Waals surface area (Å²) in [7, 11) is 1.96. The first-order valence-corrected chi connectivity index (χ1v) is 7.65. The molecule has 2 aromatic rings. The minimum Gasteiger partial charge on any atom is -0.311 e. The number of halogens is 1. The maximum Gasteiger partial charge on any atom is 0.158 e. The lowest BCUT2D eigenvalue weighted by Crippen LogP contribution is -2.24. The van der Waals surface area contributed by atoms with Gasteiger partial charge in [0, 0.05) is 18.3 Å². The van der Waals surface area contributed by atoms with Crippen LogP contribution < -0.4 is 0 Å². The van der Waals surface area contributed by atoms with E-state index in [-0.39, 0.29) is 4.75 Å². The van der Waals surface area contributed by atoms with Gasteiger partial charge in [0.1, 0.15) is 11.3 Å². The summed E-state index contributed by atoms with van der Waals surface area (Å²) in [5.74, 6) is 1.35. The fourth-order valence-electron chi connectivity index (χ4n) is 2.09. The monoisotopic (exact) mass is 286 g/mol. The quantitative estimate of drug-likeness (QED) is 0.811. The molecule has 0 atom stereocenters. The molecule has 0 saturated heterocycles. The molecule has 4 nitrogen and oxygen atoms in total. The van der Waals surface area contributed by atoms with Gasteiger partial charge in [-0.15, -0.1) is 11.6 Å². The Labute approximate surface area is 117 Å². The summed E-state index contributed by atoms with van der Waals surface area (Å²) in [5, 5.41) is 4.43. The van der Waals surface area contributed by atoms with Crippen LogP contribution >= 0.6 is 23.4 Å². The molecule has 0 saturated carbocycles. The third kappa shape index (κ3) is 2.26. The number of thioether (sulfide) groups is 1. The van der Waals surface area contributed by atoms with Crippen molar-refractivity contribution in [3.63, 3.8) is 0 Å². The Bertz CT molecular complexity index is 570. The third-order valence-electron chi connectivity index (χ3n) is 3.18. The summed E-state index contributed by atoms with van der Waals surface area (Å²) < 4.78 is 4.23. The van der Waals surface area contributed by atoms with Gasteiger partial charge in [-0.05, 0) is 27.0 Å². The van der Waals surface area contributed by atoms with Crippen molar-refractivity contribution in [2.24, 2.45) is 7.05 Å². The molecule has 2 rings (SSSR count). The van der Waals surface area contributed by atoms with Crippen LogP contribution in [0.2, 0.25) is 0 Å². The summed E-state index contributed by atoms with van der Waals surface area (Å²) in [4.78, 5) is 4.61. The van der Waals surface area contributed by atoms with Gasteiger partial charge in [0.15, 0.2) is 5.65 Å². The molecule has 2 aromatic heterocycles. The Balaban J connectivity index is 2.59. The highest BCUT2D eigenvalue weighted by Crippen LogP contribution is 2.28. The lowest BCUT2D eigenvalue weighted by atomic mass is 10.2. The summed E-state index contributed by atoms with van der Waals surface area (Å²) in [6, 6.07) is 0. The number of rotatable bonds is 4. The van der Waals surface area contributed by atoms with Crippen LogP contribution in [0.3, 0.4) is 0 Å². The second-order valence-electron chi connectivity index (χ2n) is 5.09. The largest absolute Gasteiger partial charge is 0.311 e. The molecular weight excluding hydrogens is 268 g/mol. The van der Waals surface area contributed by atoms with Crippen molar-refractivity contribution in [3.05, 3.63) is 11.5 Å². The van der Waals surface area contributed by atoms with Gasteiger partial charge in [-0.2, -0.15) is 16.9 Å². The van der Waals surface area contributed by atoms with E-state index in [1.54, 1.807) is 0 Å². The normalized spacial score (nSPS) is 12.6. The number of aromatic nitrogens is 4. The van der Waals surface area contributed by atoms with Crippen molar-refractivity contribution < 1.29 is 0 Å². The molecule has 2 heterocycles. The van der Waals surface area contributed by atoms with E-state index < -0.39 is 0 Å². The fourth-order valence-corrected chi connectivity index (χ4v) is 2.56. The minimum atomic E-state index is 0.145. The standard InChI is InChI=1S/C12H19ClN4S/c1-8-10-11(16(4)15-8)17(9(6-13)14-10)7-12(2,3)18-5/h6-7H2,1-5H3. The van der Waals surface area contributed by atoms with Gasteiger partial charge in [-0.1, -0.05) is 0 Å². The molecule has 100 valence electrons. The fraction of sp³-hybridized carbons (Fsp3) is 0.667. The Morgan fingerprint density at radius 1 is 1.39 bits per heavy atom. The summed E-state index contributed by atoms with van der Waals surface area (Å²) >= 11 is 7.86. The third-order valence-corrected chi connectivity index (χ3v) is 4.65. The van der Waals surface area contributed by atoms with Gasteiger partial charge in [0.2, 0.25) is 0 Å². The van der Waals surface area contributed by atoms with Gasteiger partial charge < -0.3 is 4.57 Å². The van der Waals surface area contributed by atoms with Crippen molar-refractivity contribution in [3.8, 4) is 0 Å². The topological polar surface area (TPSA) is 35.6 Å². The molecule has 0 N–H and O–H groups in total. The van der Waals surface area contributed by atoms with Crippen LogP contribution in [0.25, 0.3) is 11.2 Å². The van der Waals surface area contributed by atoms with Gasteiger partial charge in [0.05, 0.1) is 11.6 Å². The van der Waals surface area contributed by atoms with Crippen LogP contribution in [0.4, 0.5) is 0 Å². The van der Waals surface area contributed by atoms with Crippen LogP contribution in [0.5, 0.6) is 0 Å². The highest BCUT2D eigenvalue weighted by molar-refractivity contribution is 7.99. The molecule has 0 bridgehead atoms. The smallest absolute Gasteiger partial charge is 0.158 e. The van der Waals surface area contributed by atoms with Gasteiger partial charge in [-0.3, -0.25) is 4.68 Å². The predicted molar refractivity (Wildman–Crippen MR) is 78.4 cm³/mol. The van der Waals surface area contributed by atoms with Crippen LogP contribution in [-0.4, -0.2) is 30.3 Å². The zero-order chi connectivity index (χ0) is 13.5. The van der Waals surface area contributed by atoms with E-state index >= 15 is 0 Å². The van der Waals surface area contributed by atoms with Crippen molar-refractivity contribution in [2.75, 3.05) is 6.26 Å². The van der Waals surface area contributed by atoms with E-state index in [0.717, 1.165) is 29.2 Å². The number of hydrogen-bond acceptors (Lipinski definition) is 3. The zero-order valence-electron chi connectivity index (χ0n) is 11.5. The predicted octanol–water partition coefficient (Wildman–Crippen LogP) is 2.96. The SMILES string of the molecule is CSC(C)(C)Cn1c(CCl)nc2c(C)nn(C)c21. The van der Waals surface area contributed by atoms with E-state index in [4.69, 9.17) is 11.6 Å². The number of aryl methyl sites for hydroxylation is 2. The van der Waals surface area contributed by atoms with Crippen LogP contribution in [0.1, 0.15) is 25.4 Å². The first-order chi connectivity index (χ1) is 8.39. The first kappa shape index (κ1) is 13.7. The molecule has 0 spiro atoms. The molecule has 0 aliphatic heterocycles. The van der Waals surface area contributed by atoms with Crippen molar-refractivity contribution in [1.82, 2.24) is 19.3 Å². The number of alkyl halides is 1. The average Bonchev–Trinajstić information content (AvgIpc) is 2.79. The molecule has 0 aliphatic rings. The molecule has 0 aliphatic carbocycles. The Morgan fingerprint density at radius 2 is 2.06 bits per heavy atom. The van der Waals surface area contributed by atoms with Crippen LogP contribution in [0, 0.1) is 6.92 Å². The van der Waals surface area contributed by atoms with Crippen molar-refractivity contribution in [2.45, 2.75) is 37.9 Å². The van der Waals surface area contributed by atoms with Gasteiger partial charge in [-0.25, -0.2) is 4.98 Å².